The van der Waals surface area contributed by atoms with Gasteiger partial charge in [-0.2, -0.15) is 0 Å². The lowest BCUT2D eigenvalue weighted by molar-refractivity contribution is -0.125. The van der Waals surface area contributed by atoms with Gasteiger partial charge < -0.3 is 9.64 Å². The van der Waals surface area contributed by atoms with E-state index in [2.05, 4.69) is 0 Å². The molecule has 0 radical (unpaired) electrons. The molecule has 0 aromatic heterocycles. The number of carbonyl (C=O) groups is 1. The van der Waals surface area contributed by atoms with Gasteiger partial charge in [0.25, 0.3) is 0 Å². The van der Waals surface area contributed by atoms with Crippen molar-refractivity contribution in [1.29, 1.82) is 0 Å². The maximum absolute atomic E-state index is 12.0. The quantitative estimate of drug-likeness (QED) is 0.750. The molecule has 0 saturated carbocycles. The largest absolute Gasteiger partial charge is 0.383 e. The van der Waals surface area contributed by atoms with Crippen LogP contribution in [0.4, 0.5) is 0 Å². The highest BCUT2D eigenvalue weighted by atomic mass is 35.5. The van der Waals surface area contributed by atoms with E-state index in [9.17, 15) is 4.79 Å². The van der Waals surface area contributed by atoms with E-state index in [1.54, 1.807) is 12.0 Å². The van der Waals surface area contributed by atoms with Crippen LogP contribution in [0.1, 0.15) is 19.4 Å². The molecule has 0 aliphatic rings. The van der Waals surface area contributed by atoms with Crippen molar-refractivity contribution in [2.45, 2.75) is 13.8 Å². The van der Waals surface area contributed by atoms with E-state index in [1.165, 1.54) is 0 Å². The van der Waals surface area contributed by atoms with E-state index in [0.29, 0.717) is 13.2 Å². The zero-order valence-electron chi connectivity index (χ0n) is 11.6. The summed E-state index contributed by atoms with van der Waals surface area (Å²) in [6, 6.07) is 9.85. The number of hydrogen-bond donors (Lipinski definition) is 0. The van der Waals surface area contributed by atoms with Crippen LogP contribution in [0.15, 0.2) is 35.9 Å². The summed E-state index contributed by atoms with van der Waals surface area (Å²) < 4.78 is 5.07. The third kappa shape index (κ3) is 4.37. The van der Waals surface area contributed by atoms with Crippen LogP contribution in [0, 0.1) is 0 Å². The lowest BCUT2D eigenvalue weighted by Crippen LogP contribution is -2.34. The highest BCUT2D eigenvalue weighted by Crippen LogP contribution is 2.23. The second kappa shape index (κ2) is 7.97. The van der Waals surface area contributed by atoms with Crippen molar-refractivity contribution in [3.05, 3.63) is 41.5 Å². The van der Waals surface area contributed by atoms with Crippen molar-refractivity contribution < 1.29 is 9.53 Å². The van der Waals surface area contributed by atoms with E-state index in [1.807, 2.05) is 44.2 Å². The smallest absolute Gasteiger partial charge is 0.242 e. The Morgan fingerprint density at radius 3 is 2.37 bits per heavy atom. The van der Waals surface area contributed by atoms with Crippen molar-refractivity contribution in [3.8, 4) is 0 Å². The lowest BCUT2D eigenvalue weighted by atomic mass is 10.1. The molecular weight excluding hydrogens is 262 g/mol. The van der Waals surface area contributed by atoms with Gasteiger partial charge in [-0.15, -0.1) is 11.6 Å². The average Bonchev–Trinajstić information content (AvgIpc) is 2.43. The number of hydrogen-bond acceptors (Lipinski definition) is 2. The Morgan fingerprint density at radius 2 is 1.89 bits per heavy atom. The van der Waals surface area contributed by atoms with Crippen LogP contribution in [0.25, 0.3) is 5.70 Å². The van der Waals surface area contributed by atoms with Gasteiger partial charge in [0.2, 0.25) is 5.91 Å². The molecule has 19 heavy (non-hydrogen) atoms. The minimum absolute atomic E-state index is 0.0344. The van der Waals surface area contributed by atoms with Gasteiger partial charge in [0, 0.05) is 19.4 Å². The van der Waals surface area contributed by atoms with Crippen LogP contribution in [0.3, 0.4) is 0 Å². The van der Waals surface area contributed by atoms with E-state index < -0.39 is 0 Å². The summed E-state index contributed by atoms with van der Waals surface area (Å²) in [5.74, 6) is -0.147. The summed E-state index contributed by atoms with van der Waals surface area (Å²) in [4.78, 5) is 13.7. The predicted molar refractivity (Wildman–Crippen MR) is 79.0 cm³/mol. The highest BCUT2D eigenvalue weighted by molar-refractivity contribution is 6.27. The van der Waals surface area contributed by atoms with Crippen LogP contribution in [0.5, 0.6) is 0 Å². The Balaban J connectivity index is 3.14. The minimum Gasteiger partial charge on any atom is -0.383 e. The second-order valence-corrected chi connectivity index (χ2v) is 4.65. The summed E-state index contributed by atoms with van der Waals surface area (Å²) in [7, 11) is 1.62. The average molecular weight is 282 g/mol. The van der Waals surface area contributed by atoms with Gasteiger partial charge in [-0.1, -0.05) is 35.9 Å². The number of carbonyl (C=O) groups excluding carboxylic acids is 1. The summed E-state index contributed by atoms with van der Waals surface area (Å²) in [6.45, 7) is 4.96. The van der Waals surface area contributed by atoms with Crippen molar-refractivity contribution in [2.24, 2.45) is 0 Å². The fourth-order valence-corrected chi connectivity index (χ4v) is 2.07. The molecule has 1 rings (SSSR count). The second-order valence-electron chi connectivity index (χ2n) is 4.39. The molecule has 0 saturated heterocycles. The fourth-order valence-electron chi connectivity index (χ4n) is 1.93. The van der Waals surface area contributed by atoms with Crippen LogP contribution >= 0.6 is 11.6 Å². The van der Waals surface area contributed by atoms with E-state index in [-0.39, 0.29) is 11.8 Å². The molecule has 0 aliphatic heterocycles. The lowest BCUT2D eigenvalue weighted by Gasteiger charge is -2.26. The molecule has 1 aromatic rings. The molecule has 3 nitrogen and oxygen atoms in total. The Kier molecular flexibility index (Phi) is 6.60. The van der Waals surface area contributed by atoms with Gasteiger partial charge in [0.05, 0.1) is 6.61 Å². The Morgan fingerprint density at radius 1 is 1.26 bits per heavy atom. The van der Waals surface area contributed by atoms with Gasteiger partial charge in [-0.25, -0.2) is 0 Å². The first-order valence-corrected chi connectivity index (χ1v) is 6.73. The number of ether oxygens (including phenoxy) is 1. The van der Waals surface area contributed by atoms with E-state index >= 15 is 0 Å². The number of rotatable bonds is 6. The normalized spacial score (nSPS) is 10.1. The number of methoxy groups -OCH3 is 1. The van der Waals surface area contributed by atoms with E-state index in [4.69, 9.17) is 16.3 Å². The molecule has 104 valence electrons. The molecule has 4 heteroatoms. The van der Waals surface area contributed by atoms with Crippen molar-refractivity contribution in [3.63, 3.8) is 0 Å². The zero-order chi connectivity index (χ0) is 14.3. The van der Waals surface area contributed by atoms with Crippen LogP contribution in [-0.2, 0) is 9.53 Å². The minimum atomic E-state index is -0.112. The van der Waals surface area contributed by atoms with Crippen molar-refractivity contribution in [1.82, 2.24) is 4.90 Å². The predicted octanol–water partition coefficient (Wildman–Crippen LogP) is 3.15. The van der Waals surface area contributed by atoms with Gasteiger partial charge in [-0.05, 0) is 19.4 Å². The SMILES string of the molecule is COCCN(C(=O)CCl)C(=C(C)C)c1ccccc1. The standard InChI is InChI=1S/C15H20ClNO2/c1-12(2)15(13-7-5-4-6-8-13)17(9-10-19-3)14(18)11-16/h4-8H,9-11H2,1-3H3. The molecule has 0 atom stereocenters. The third-order valence-corrected chi connectivity index (χ3v) is 2.95. The van der Waals surface area contributed by atoms with Crippen LogP contribution in [0.2, 0.25) is 0 Å². The first-order valence-electron chi connectivity index (χ1n) is 6.20. The number of halogens is 1. The Hall–Kier alpha value is -1.32. The number of alkyl halides is 1. The van der Waals surface area contributed by atoms with Crippen molar-refractivity contribution in [2.75, 3.05) is 26.1 Å². The van der Waals surface area contributed by atoms with Crippen LogP contribution < -0.4 is 0 Å². The number of nitrogens with zero attached hydrogens (tertiary/aromatic N) is 1. The van der Waals surface area contributed by atoms with E-state index in [0.717, 1.165) is 16.8 Å². The number of benzene rings is 1. The van der Waals surface area contributed by atoms with Gasteiger partial charge in [0.1, 0.15) is 5.88 Å². The Bertz CT molecular complexity index is 439. The molecule has 0 fully saturated rings. The van der Waals surface area contributed by atoms with Gasteiger partial charge in [0.15, 0.2) is 0 Å². The Labute approximate surface area is 119 Å². The molecule has 1 amide bonds. The molecule has 0 heterocycles. The zero-order valence-corrected chi connectivity index (χ0v) is 12.4. The first-order chi connectivity index (χ1) is 9.11. The fraction of sp³-hybridized carbons (Fsp3) is 0.400. The number of amides is 1. The summed E-state index contributed by atoms with van der Waals surface area (Å²) >= 11 is 5.71. The molecule has 0 bridgehead atoms. The van der Waals surface area contributed by atoms with Crippen LogP contribution in [-0.4, -0.2) is 36.9 Å². The summed E-state index contributed by atoms with van der Waals surface area (Å²) in [5.41, 5.74) is 2.99. The molecular formula is C15H20ClNO2. The monoisotopic (exact) mass is 281 g/mol. The third-order valence-electron chi connectivity index (χ3n) is 2.73. The summed E-state index contributed by atoms with van der Waals surface area (Å²) in [6.07, 6.45) is 0. The molecule has 0 N–H and O–H groups in total. The molecule has 0 unspecified atom stereocenters. The summed E-state index contributed by atoms with van der Waals surface area (Å²) in [5, 5.41) is 0. The molecule has 1 aromatic carbocycles. The maximum atomic E-state index is 12.0. The molecule has 0 spiro atoms. The van der Waals surface area contributed by atoms with Crippen molar-refractivity contribution >= 4 is 23.2 Å². The molecule has 0 aliphatic carbocycles. The van der Waals surface area contributed by atoms with Gasteiger partial charge >= 0.3 is 0 Å². The topological polar surface area (TPSA) is 29.5 Å². The van der Waals surface area contributed by atoms with Gasteiger partial charge in [-0.3, -0.25) is 4.79 Å². The maximum Gasteiger partial charge on any atom is 0.242 e. The first kappa shape index (κ1) is 15.7. The highest BCUT2D eigenvalue weighted by Gasteiger charge is 2.19. The number of allylic oxidation sites excluding steroid dienone is 1.